The predicted octanol–water partition coefficient (Wildman–Crippen LogP) is 1.53. The Labute approximate surface area is 79.1 Å². The first-order valence-electron chi connectivity index (χ1n) is 4.25. The van der Waals surface area contributed by atoms with E-state index in [1.807, 2.05) is 0 Å². The average Bonchev–Trinajstić information content (AvgIpc) is 2.03. The molecule has 0 rings (SSSR count). The van der Waals surface area contributed by atoms with Gasteiger partial charge in [0.2, 0.25) is 0 Å². The molecule has 0 fully saturated rings. The summed E-state index contributed by atoms with van der Waals surface area (Å²) >= 11 is 0. The largest absolute Gasteiger partial charge is 0.481 e. The highest BCUT2D eigenvalue weighted by molar-refractivity contribution is 5.73. The zero-order valence-electron chi connectivity index (χ0n) is 8.17. The maximum atomic E-state index is 10.7. The molecular weight excluding hydrogens is 168 g/mol. The van der Waals surface area contributed by atoms with Gasteiger partial charge in [-0.25, -0.2) is 0 Å². The second kappa shape index (κ2) is 5.60. The third-order valence-corrected chi connectivity index (χ3v) is 1.84. The molecule has 0 unspecified atom stereocenters. The van der Waals surface area contributed by atoms with Crippen LogP contribution in [-0.2, 0) is 9.53 Å². The number of carbonyl (C=O) groups is 1. The summed E-state index contributed by atoms with van der Waals surface area (Å²) in [6.07, 6.45) is 6.10. The van der Waals surface area contributed by atoms with Crippen LogP contribution in [0.5, 0.6) is 0 Å². The number of aliphatic carboxylic acids is 1. The first-order valence-corrected chi connectivity index (χ1v) is 4.25. The van der Waals surface area contributed by atoms with Gasteiger partial charge >= 0.3 is 5.97 Å². The molecule has 74 valence electrons. The van der Waals surface area contributed by atoms with E-state index in [1.165, 1.54) is 0 Å². The molecule has 0 aromatic rings. The van der Waals surface area contributed by atoms with Crippen molar-refractivity contribution in [1.82, 2.24) is 0 Å². The SMILES string of the molecule is C#CCCOCCC(C)(C)C(=O)O. The highest BCUT2D eigenvalue weighted by Crippen LogP contribution is 2.19. The number of ether oxygens (including phenoxy) is 1. The highest BCUT2D eigenvalue weighted by atomic mass is 16.5. The van der Waals surface area contributed by atoms with E-state index in [4.69, 9.17) is 16.3 Å². The fourth-order valence-electron chi connectivity index (χ4n) is 0.667. The van der Waals surface area contributed by atoms with Crippen LogP contribution in [0.3, 0.4) is 0 Å². The van der Waals surface area contributed by atoms with E-state index in [0.29, 0.717) is 26.1 Å². The van der Waals surface area contributed by atoms with Crippen LogP contribution in [0.15, 0.2) is 0 Å². The maximum Gasteiger partial charge on any atom is 0.309 e. The van der Waals surface area contributed by atoms with E-state index in [2.05, 4.69) is 5.92 Å². The van der Waals surface area contributed by atoms with Gasteiger partial charge in [0.05, 0.1) is 12.0 Å². The Morgan fingerprint density at radius 3 is 2.62 bits per heavy atom. The molecule has 0 saturated carbocycles. The third-order valence-electron chi connectivity index (χ3n) is 1.84. The Hall–Kier alpha value is -1.01. The minimum absolute atomic E-state index is 0.445. The van der Waals surface area contributed by atoms with Gasteiger partial charge in [-0.15, -0.1) is 12.3 Å². The van der Waals surface area contributed by atoms with Crippen LogP contribution >= 0.6 is 0 Å². The van der Waals surface area contributed by atoms with Gasteiger partial charge < -0.3 is 9.84 Å². The average molecular weight is 184 g/mol. The molecule has 13 heavy (non-hydrogen) atoms. The van der Waals surface area contributed by atoms with Crippen LogP contribution < -0.4 is 0 Å². The standard InChI is InChI=1S/C10H16O3/c1-4-5-7-13-8-6-10(2,3)9(11)12/h1H,5-8H2,2-3H3,(H,11,12). The van der Waals surface area contributed by atoms with E-state index in [-0.39, 0.29) is 0 Å². The number of hydrogen-bond donors (Lipinski definition) is 1. The Kier molecular flexibility index (Phi) is 5.17. The van der Waals surface area contributed by atoms with Crippen molar-refractivity contribution in [2.75, 3.05) is 13.2 Å². The maximum absolute atomic E-state index is 10.7. The van der Waals surface area contributed by atoms with Gasteiger partial charge in [-0.1, -0.05) is 0 Å². The lowest BCUT2D eigenvalue weighted by atomic mass is 9.90. The molecule has 3 heteroatoms. The summed E-state index contributed by atoms with van der Waals surface area (Å²) in [7, 11) is 0. The first kappa shape index (κ1) is 12.0. The van der Waals surface area contributed by atoms with Gasteiger partial charge in [-0.2, -0.15) is 0 Å². The van der Waals surface area contributed by atoms with Gasteiger partial charge in [0.1, 0.15) is 0 Å². The molecule has 0 aromatic carbocycles. The smallest absolute Gasteiger partial charge is 0.309 e. The van der Waals surface area contributed by atoms with Crippen molar-refractivity contribution in [3.8, 4) is 12.3 Å². The molecular formula is C10H16O3. The van der Waals surface area contributed by atoms with Crippen molar-refractivity contribution in [2.45, 2.75) is 26.7 Å². The number of carboxylic acid groups (broad SMARTS) is 1. The lowest BCUT2D eigenvalue weighted by Crippen LogP contribution is -2.25. The van der Waals surface area contributed by atoms with E-state index in [0.717, 1.165) is 0 Å². The lowest BCUT2D eigenvalue weighted by molar-refractivity contribution is -0.148. The summed E-state index contributed by atoms with van der Waals surface area (Å²) in [5.74, 6) is 1.65. The Morgan fingerprint density at radius 2 is 2.15 bits per heavy atom. The quantitative estimate of drug-likeness (QED) is 0.503. The van der Waals surface area contributed by atoms with Gasteiger partial charge in [0.25, 0.3) is 0 Å². The van der Waals surface area contributed by atoms with Crippen molar-refractivity contribution in [3.63, 3.8) is 0 Å². The van der Waals surface area contributed by atoms with Crippen molar-refractivity contribution in [1.29, 1.82) is 0 Å². The zero-order chi connectivity index (χ0) is 10.3. The molecule has 3 nitrogen and oxygen atoms in total. The summed E-state index contributed by atoms with van der Waals surface area (Å²) in [4.78, 5) is 10.7. The monoisotopic (exact) mass is 184 g/mol. The minimum atomic E-state index is -0.798. The summed E-state index contributed by atoms with van der Waals surface area (Å²) in [6.45, 7) is 4.31. The minimum Gasteiger partial charge on any atom is -0.481 e. The first-order chi connectivity index (χ1) is 6.00. The molecule has 0 atom stereocenters. The van der Waals surface area contributed by atoms with Crippen molar-refractivity contribution < 1.29 is 14.6 Å². The van der Waals surface area contributed by atoms with Crippen molar-refractivity contribution in [2.24, 2.45) is 5.41 Å². The Morgan fingerprint density at radius 1 is 1.54 bits per heavy atom. The third kappa shape index (κ3) is 5.26. The second-order valence-corrected chi connectivity index (χ2v) is 3.51. The van der Waals surface area contributed by atoms with E-state index >= 15 is 0 Å². The number of hydrogen-bond acceptors (Lipinski definition) is 2. The molecule has 0 aliphatic heterocycles. The Balaban J connectivity index is 3.53. The molecule has 0 saturated heterocycles. The summed E-state index contributed by atoms with van der Waals surface area (Å²) in [5, 5.41) is 8.76. The molecule has 0 amide bonds. The van der Waals surface area contributed by atoms with E-state index in [9.17, 15) is 4.79 Å². The molecule has 0 radical (unpaired) electrons. The van der Waals surface area contributed by atoms with Crippen LogP contribution in [0.2, 0.25) is 0 Å². The van der Waals surface area contributed by atoms with Gasteiger partial charge in [-0.05, 0) is 20.3 Å². The topological polar surface area (TPSA) is 46.5 Å². The van der Waals surface area contributed by atoms with Crippen molar-refractivity contribution in [3.05, 3.63) is 0 Å². The zero-order valence-corrected chi connectivity index (χ0v) is 8.17. The summed E-state index contributed by atoms with van der Waals surface area (Å²) in [6, 6.07) is 0. The van der Waals surface area contributed by atoms with E-state index in [1.54, 1.807) is 13.8 Å². The van der Waals surface area contributed by atoms with Crippen molar-refractivity contribution >= 4 is 5.97 Å². The molecule has 1 N–H and O–H groups in total. The molecule has 0 spiro atoms. The summed E-state index contributed by atoms with van der Waals surface area (Å²) < 4.78 is 5.15. The van der Waals surface area contributed by atoms with Crippen LogP contribution in [0.1, 0.15) is 26.7 Å². The molecule has 0 aromatic heterocycles. The van der Waals surface area contributed by atoms with Gasteiger partial charge in [0, 0.05) is 13.0 Å². The lowest BCUT2D eigenvalue weighted by Gasteiger charge is -2.18. The number of carboxylic acids is 1. The molecule has 0 heterocycles. The molecule has 0 bridgehead atoms. The van der Waals surface area contributed by atoms with Gasteiger partial charge in [-0.3, -0.25) is 4.79 Å². The predicted molar refractivity (Wildman–Crippen MR) is 50.3 cm³/mol. The van der Waals surface area contributed by atoms with Crippen LogP contribution in [-0.4, -0.2) is 24.3 Å². The van der Waals surface area contributed by atoms with Crippen LogP contribution in [0, 0.1) is 17.8 Å². The summed E-state index contributed by atoms with van der Waals surface area (Å²) in [5.41, 5.74) is -0.712. The fourth-order valence-corrected chi connectivity index (χ4v) is 0.667. The van der Waals surface area contributed by atoms with Gasteiger partial charge in [0.15, 0.2) is 0 Å². The number of terminal acetylenes is 1. The van der Waals surface area contributed by atoms with Crippen LogP contribution in [0.25, 0.3) is 0 Å². The second-order valence-electron chi connectivity index (χ2n) is 3.51. The molecule has 0 aliphatic rings. The number of rotatable bonds is 6. The highest BCUT2D eigenvalue weighted by Gasteiger charge is 2.26. The normalized spacial score (nSPS) is 10.8. The Bertz CT molecular complexity index is 201. The molecule has 0 aliphatic carbocycles. The van der Waals surface area contributed by atoms with E-state index < -0.39 is 11.4 Å². The fraction of sp³-hybridized carbons (Fsp3) is 0.700. The van der Waals surface area contributed by atoms with Crippen LogP contribution in [0.4, 0.5) is 0 Å².